The van der Waals surface area contributed by atoms with Crippen LogP contribution in [0.5, 0.6) is 40.2 Å². The van der Waals surface area contributed by atoms with E-state index in [2.05, 4.69) is 0 Å². The van der Waals surface area contributed by atoms with Crippen molar-refractivity contribution in [2.45, 2.75) is 12.3 Å². The van der Waals surface area contributed by atoms with Crippen LogP contribution in [0.25, 0.3) is 22.3 Å². The standard InChI is InChI=1S/C27H20O10/c1-33-21-7-13(8-22-26(21)35-5-4-34-22)14-9-23(32)36-20-11-18(31)25-17(30)10-19(37-27(25)24(14)20)12-2-3-15(28)16(29)6-12/h2-3,6-8,10-11,14,28-29,31H,4-5,9H2,1H3/t14-/m0/s1. The van der Waals surface area contributed by atoms with Crippen molar-refractivity contribution in [3.05, 3.63) is 63.8 Å². The van der Waals surface area contributed by atoms with Gasteiger partial charge in [0, 0.05) is 29.2 Å². The summed E-state index contributed by atoms with van der Waals surface area (Å²) in [5.74, 6) is -0.866. The first kappa shape index (κ1) is 22.6. The number of carbonyl (C=O) groups is 1. The second kappa shape index (κ2) is 8.37. The van der Waals surface area contributed by atoms with Gasteiger partial charge in [-0.15, -0.1) is 0 Å². The van der Waals surface area contributed by atoms with Crippen LogP contribution < -0.4 is 24.4 Å². The van der Waals surface area contributed by atoms with Crippen LogP contribution in [-0.4, -0.2) is 41.6 Å². The molecule has 0 radical (unpaired) electrons. The lowest BCUT2D eigenvalue weighted by Gasteiger charge is -2.28. The van der Waals surface area contributed by atoms with Gasteiger partial charge < -0.3 is 38.7 Å². The minimum Gasteiger partial charge on any atom is -0.507 e. The predicted molar refractivity (Wildman–Crippen MR) is 129 cm³/mol. The summed E-state index contributed by atoms with van der Waals surface area (Å²) in [6.07, 6.45) is -0.0798. The van der Waals surface area contributed by atoms with Gasteiger partial charge in [-0.25, -0.2) is 0 Å². The van der Waals surface area contributed by atoms with Crippen molar-refractivity contribution in [1.29, 1.82) is 0 Å². The number of hydrogen-bond donors (Lipinski definition) is 3. The van der Waals surface area contributed by atoms with Crippen molar-refractivity contribution < 1.29 is 43.5 Å². The van der Waals surface area contributed by atoms with Gasteiger partial charge in [0.15, 0.2) is 28.4 Å². The molecule has 0 bridgehead atoms. The molecule has 1 atom stereocenters. The molecule has 0 saturated carbocycles. The first-order chi connectivity index (χ1) is 17.8. The quantitative estimate of drug-likeness (QED) is 0.214. The van der Waals surface area contributed by atoms with Crippen LogP contribution in [-0.2, 0) is 4.79 Å². The lowest BCUT2D eigenvalue weighted by molar-refractivity contribution is -0.135. The highest BCUT2D eigenvalue weighted by atomic mass is 16.6. The Morgan fingerprint density at radius 2 is 1.70 bits per heavy atom. The number of hydrogen-bond acceptors (Lipinski definition) is 10. The Hall–Kier alpha value is -4.86. The third-order valence-corrected chi connectivity index (χ3v) is 6.44. The van der Waals surface area contributed by atoms with Crippen LogP contribution in [0.4, 0.5) is 0 Å². The van der Waals surface area contributed by atoms with E-state index in [-0.39, 0.29) is 34.6 Å². The molecule has 0 unspecified atom stereocenters. The van der Waals surface area contributed by atoms with E-state index in [9.17, 15) is 24.9 Å². The fourth-order valence-corrected chi connectivity index (χ4v) is 4.76. The number of carbonyl (C=O) groups excluding carboxylic acids is 1. The van der Waals surface area contributed by atoms with Crippen LogP contribution in [0.2, 0.25) is 0 Å². The minimum absolute atomic E-state index is 0.0245. The molecular formula is C27H20O10. The molecular weight excluding hydrogens is 484 g/mol. The summed E-state index contributed by atoms with van der Waals surface area (Å²) in [6.45, 7) is 0.712. The van der Waals surface area contributed by atoms with Crippen molar-refractivity contribution >= 4 is 16.9 Å². The number of esters is 1. The Bertz CT molecular complexity index is 1630. The van der Waals surface area contributed by atoms with E-state index >= 15 is 0 Å². The van der Waals surface area contributed by atoms with Gasteiger partial charge >= 0.3 is 5.97 Å². The molecule has 0 saturated heterocycles. The monoisotopic (exact) mass is 504 g/mol. The summed E-state index contributed by atoms with van der Waals surface area (Å²) in [7, 11) is 1.49. The molecule has 3 aromatic carbocycles. The molecule has 3 heterocycles. The van der Waals surface area contributed by atoms with Gasteiger partial charge in [0.2, 0.25) is 5.75 Å². The Morgan fingerprint density at radius 3 is 2.49 bits per heavy atom. The highest BCUT2D eigenvalue weighted by Crippen LogP contribution is 2.49. The molecule has 10 heteroatoms. The Balaban J connectivity index is 1.62. The van der Waals surface area contributed by atoms with Crippen molar-refractivity contribution in [2.24, 2.45) is 0 Å². The largest absolute Gasteiger partial charge is 0.507 e. The zero-order chi connectivity index (χ0) is 25.8. The van der Waals surface area contributed by atoms with Gasteiger partial charge in [-0.1, -0.05) is 0 Å². The van der Waals surface area contributed by atoms with Crippen molar-refractivity contribution in [3.8, 4) is 51.6 Å². The Kier molecular flexibility index (Phi) is 5.11. The molecule has 3 N–H and O–H groups in total. The molecule has 1 aromatic heterocycles. The third kappa shape index (κ3) is 3.65. The normalized spacial score (nSPS) is 16.2. The summed E-state index contributed by atoms with van der Waals surface area (Å²) >= 11 is 0. The minimum atomic E-state index is -0.643. The van der Waals surface area contributed by atoms with Gasteiger partial charge in [0.25, 0.3) is 0 Å². The summed E-state index contributed by atoms with van der Waals surface area (Å²) in [4.78, 5) is 25.7. The molecule has 0 aliphatic carbocycles. The molecule has 188 valence electrons. The molecule has 37 heavy (non-hydrogen) atoms. The molecule has 4 aromatic rings. The van der Waals surface area contributed by atoms with Gasteiger partial charge in [-0.2, -0.15) is 0 Å². The van der Waals surface area contributed by atoms with Crippen molar-refractivity contribution in [1.82, 2.24) is 0 Å². The lowest BCUT2D eigenvalue weighted by atomic mass is 9.84. The zero-order valence-electron chi connectivity index (χ0n) is 19.4. The van der Waals surface area contributed by atoms with Crippen LogP contribution in [0.3, 0.4) is 0 Å². The number of rotatable bonds is 3. The topological polar surface area (TPSA) is 145 Å². The molecule has 10 nitrogen and oxygen atoms in total. The van der Waals surface area contributed by atoms with Crippen LogP contribution in [0.1, 0.15) is 23.5 Å². The maximum Gasteiger partial charge on any atom is 0.312 e. The van der Waals surface area contributed by atoms with E-state index < -0.39 is 28.8 Å². The maximum absolute atomic E-state index is 13.1. The third-order valence-electron chi connectivity index (χ3n) is 6.44. The van der Waals surface area contributed by atoms with E-state index in [1.165, 1.54) is 37.4 Å². The van der Waals surface area contributed by atoms with E-state index in [0.717, 1.165) is 0 Å². The van der Waals surface area contributed by atoms with Crippen LogP contribution in [0, 0.1) is 0 Å². The first-order valence-corrected chi connectivity index (χ1v) is 11.4. The lowest BCUT2D eigenvalue weighted by Crippen LogP contribution is -2.22. The van der Waals surface area contributed by atoms with E-state index in [4.69, 9.17) is 23.4 Å². The molecule has 2 aliphatic rings. The first-order valence-electron chi connectivity index (χ1n) is 11.4. The maximum atomic E-state index is 13.1. The molecule has 0 amide bonds. The fraction of sp³-hybridized carbons (Fsp3) is 0.185. The molecule has 0 fully saturated rings. The average Bonchev–Trinajstić information content (AvgIpc) is 2.88. The molecule has 2 aliphatic heterocycles. The van der Waals surface area contributed by atoms with Crippen LogP contribution >= 0.6 is 0 Å². The smallest absolute Gasteiger partial charge is 0.312 e. The van der Waals surface area contributed by atoms with E-state index in [1.807, 2.05) is 0 Å². The summed E-state index contributed by atoms with van der Waals surface area (Å²) in [5, 5.41) is 30.2. The fourth-order valence-electron chi connectivity index (χ4n) is 4.76. The number of phenols is 3. The molecule has 0 spiro atoms. The second-order valence-electron chi connectivity index (χ2n) is 8.67. The highest BCUT2D eigenvalue weighted by molar-refractivity contribution is 5.93. The average molecular weight is 504 g/mol. The number of benzene rings is 3. The van der Waals surface area contributed by atoms with Gasteiger partial charge in [0.05, 0.1) is 13.5 Å². The highest BCUT2D eigenvalue weighted by Gasteiger charge is 2.35. The van der Waals surface area contributed by atoms with Crippen LogP contribution in [0.15, 0.2) is 51.7 Å². The van der Waals surface area contributed by atoms with E-state index in [0.29, 0.717) is 47.2 Å². The summed E-state index contributed by atoms with van der Waals surface area (Å²) in [5.41, 5.74) is 0.807. The van der Waals surface area contributed by atoms with Gasteiger partial charge in [-0.05, 0) is 35.9 Å². The second-order valence-corrected chi connectivity index (χ2v) is 8.67. The van der Waals surface area contributed by atoms with Crippen molar-refractivity contribution in [3.63, 3.8) is 0 Å². The number of fused-ring (bicyclic) bond motifs is 4. The van der Waals surface area contributed by atoms with Crippen molar-refractivity contribution in [2.75, 3.05) is 20.3 Å². The Morgan fingerprint density at radius 1 is 0.892 bits per heavy atom. The Labute approximate surface area is 208 Å². The van der Waals surface area contributed by atoms with Gasteiger partial charge in [0.1, 0.15) is 41.4 Å². The number of phenolic OH excluding ortho intramolecular Hbond substituents is 3. The molecule has 6 rings (SSSR count). The van der Waals surface area contributed by atoms with E-state index in [1.54, 1.807) is 12.1 Å². The number of methoxy groups -OCH3 is 1. The zero-order valence-corrected chi connectivity index (χ0v) is 19.4. The summed E-state index contributed by atoms with van der Waals surface area (Å²) in [6, 6.07) is 9.84. The predicted octanol–water partition coefficient (Wildman–Crippen LogP) is 3.80. The van der Waals surface area contributed by atoms with Gasteiger partial charge in [-0.3, -0.25) is 9.59 Å². The number of aromatic hydroxyl groups is 3. The number of ether oxygens (including phenoxy) is 4. The summed E-state index contributed by atoms with van der Waals surface area (Å²) < 4.78 is 28.5. The SMILES string of the molecule is COc1cc([C@@H]2CC(=O)Oc3cc(O)c4c(=O)cc(-c5ccc(O)c(O)c5)oc4c32)cc2c1OCCO2.